The maximum Gasteiger partial charge on any atom is 0.263 e. The van der Waals surface area contributed by atoms with Crippen molar-refractivity contribution in [1.29, 1.82) is 0 Å². The molecule has 0 bridgehead atoms. The van der Waals surface area contributed by atoms with Crippen LogP contribution < -0.4 is 0 Å². The Hall–Kier alpha value is -0.280. The van der Waals surface area contributed by atoms with Crippen molar-refractivity contribution in [2.45, 2.75) is 59.1 Å². The van der Waals surface area contributed by atoms with Gasteiger partial charge in [-0.2, -0.15) is 0 Å². The lowest BCUT2D eigenvalue weighted by Gasteiger charge is -2.36. The largest absolute Gasteiger partial charge is 0.352 e. The SMILES string of the molecule is CCOC(OCC)C1CCOC1(CC)OCC.OC(O)O. The van der Waals surface area contributed by atoms with E-state index < -0.39 is 12.3 Å². The van der Waals surface area contributed by atoms with Crippen LogP contribution in [0.1, 0.15) is 40.5 Å². The second-order valence-electron chi connectivity index (χ2n) is 4.47. The zero-order valence-corrected chi connectivity index (χ0v) is 13.4. The molecule has 0 spiro atoms. The molecule has 0 amide bonds. The number of hydrogen-bond acceptors (Lipinski definition) is 7. The van der Waals surface area contributed by atoms with Crippen molar-refractivity contribution < 1.29 is 34.3 Å². The Balaban J connectivity index is 0.000000885. The summed E-state index contributed by atoms with van der Waals surface area (Å²) in [5.74, 6) is -0.364. The first-order valence-electron chi connectivity index (χ1n) is 7.52. The summed E-state index contributed by atoms with van der Waals surface area (Å²) in [7, 11) is 0. The Morgan fingerprint density at radius 2 is 1.57 bits per heavy atom. The summed E-state index contributed by atoms with van der Waals surface area (Å²) in [5, 5.41) is 21.5. The van der Waals surface area contributed by atoms with Crippen LogP contribution in [-0.2, 0) is 18.9 Å². The van der Waals surface area contributed by atoms with E-state index in [2.05, 4.69) is 6.92 Å². The topological polar surface area (TPSA) is 97.6 Å². The van der Waals surface area contributed by atoms with Crippen LogP contribution in [0.15, 0.2) is 0 Å². The fraction of sp³-hybridized carbons (Fsp3) is 1.00. The minimum absolute atomic E-state index is 0.160. The first-order valence-corrected chi connectivity index (χ1v) is 7.52. The highest BCUT2D eigenvalue weighted by Crippen LogP contribution is 2.39. The molecule has 21 heavy (non-hydrogen) atoms. The number of ether oxygens (including phenoxy) is 4. The van der Waals surface area contributed by atoms with Crippen LogP contribution in [-0.4, -0.2) is 60.3 Å². The van der Waals surface area contributed by atoms with Crippen LogP contribution in [0, 0.1) is 5.92 Å². The standard InChI is InChI=1S/C13H26O4.CH4O3/c1-5-13(16-8-4)11(9-10-17-13)12(14-6-2)15-7-3;2-1(3)4/h11-12H,5-10H2,1-4H3;1-4H. The van der Waals surface area contributed by atoms with Crippen LogP contribution in [0.25, 0.3) is 0 Å². The van der Waals surface area contributed by atoms with Crippen LogP contribution >= 0.6 is 0 Å². The summed E-state index contributed by atoms with van der Waals surface area (Å²) < 4.78 is 23.1. The number of rotatable bonds is 8. The lowest BCUT2D eigenvalue weighted by molar-refractivity contribution is -0.279. The van der Waals surface area contributed by atoms with E-state index in [0.29, 0.717) is 19.8 Å². The second kappa shape index (κ2) is 11.3. The summed E-state index contributed by atoms with van der Waals surface area (Å²) in [6.07, 6.45) is 1.53. The Kier molecular flexibility index (Phi) is 11.2. The molecule has 1 aliphatic rings. The molecule has 0 saturated carbocycles. The van der Waals surface area contributed by atoms with Crippen LogP contribution in [0.5, 0.6) is 0 Å². The molecule has 0 aromatic rings. The summed E-state index contributed by atoms with van der Waals surface area (Å²) in [4.78, 5) is 0. The molecule has 7 nitrogen and oxygen atoms in total. The van der Waals surface area contributed by atoms with Crippen molar-refractivity contribution >= 4 is 0 Å². The van der Waals surface area contributed by atoms with Crippen molar-refractivity contribution in [1.82, 2.24) is 0 Å². The quantitative estimate of drug-likeness (QED) is 0.571. The van der Waals surface area contributed by atoms with Gasteiger partial charge >= 0.3 is 0 Å². The average molecular weight is 310 g/mol. The fourth-order valence-corrected chi connectivity index (χ4v) is 2.50. The van der Waals surface area contributed by atoms with Crippen molar-refractivity contribution in [2.75, 3.05) is 26.4 Å². The highest BCUT2D eigenvalue weighted by molar-refractivity contribution is 4.86. The Morgan fingerprint density at radius 1 is 1.05 bits per heavy atom. The summed E-state index contributed by atoms with van der Waals surface area (Å²) >= 11 is 0. The van der Waals surface area contributed by atoms with Gasteiger partial charge in [0.25, 0.3) is 6.48 Å². The van der Waals surface area contributed by atoms with Gasteiger partial charge < -0.3 is 34.3 Å². The van der Waals surface area contributed by atoms with Crippen molar-refractivity contribution in [3.05, 3.63) is 0 Å². The molecule has 0 aromatic carbocycles. The first-order chi connectivity index (χ1) is 9.97. The Morgan fingerprint density at radius 3 is 1.95 bits per heavy atom. The number of aliphatic hydroxyl groups is 3. The minimum Gasteiger partial charge on any atom is -0.352 e. The maximum absolute atomic E-state index is 7.17. The van der Waals surface area contributed by atoms with Gasteiger partial charge in [-0.05, 0) is 33.6 Å². The molecule has 0 radical (unpaired) electrons. The van der Waals surface area contributed by atoms with E-state index in [0.717, 1.165) is 19.4 Å². The van der Waals surface area contributed by atoms with E-state index in [1.54, 1.807) is 0 Å². The number of hydrogen-bond donors (Lipinski definition) is 3. The molecule has 1 aliphatic heterocycles. The van der Waals surface area contributed by atoms with Crippen LogP contribution in [0.3, 0.4) is 0 Å². The molecule has 1 heterocycles. The van der Waals surface area contributed by atoms with Gasteiger partial charge in [0.2, 0.25) is 0 Å². The molecule has 0 aromatic heterocycles. The third-order valence-electron chi connectivity index (χ3n) is 3.21. The maximum atomic E-state index is 7.17. The molecular formula is C14H30O7. The van der Waals surface area contributed by atoms with Crippen LogP contribution in [0.4, 0.5) is 0 Å². The van der Waals surface area contributed by atoms with Crippen molar-refractivity contribution in [3.63, 3.8) is 0 Å². The van der Waals surface area contributed by atoms with E-state index in [4.69, 9.17) is 34.3 Å². The monoisotopic (exact) mass is 310 g/mol. The van der Waals surface area contributed by atoms with Gasteiger partial charge in [0, 0.05) is 19.8 Å². The zero-order valence-electron chi connectivity index (χ0n) is 13.4. The van der Waals surface area contributed by atoms with E-state index in [9.17, 15) is 0 Å². The predicted molar refractivity (Wildman–Crippen MR) is 76.2 cm³/mol. The molecule has 2 atom stereocenters. The van der Waals surface area contributed by atoms with E-state index in [1.165, 1.54) is 0 Å². The zero-order chi connectivity index (χ0) is 16.3. The van der Waals surface area contributed by atoms with Crippen molar-refractivity contribution in [3.8, 4) is 0 Å². The van der Waals surface area contributed by atoms with Gasteiger partial charge in [0.15, 0.2) is 12.1 Å². The Labute approximate surface area is 126 Å². The summed E-state index contributed by atoms with van der Waals surface area (Å²) in [6.45, 7) is 8.53. The van der Waals surface area contributed by atoms with Crippen LogP contribution in [0.2, 0.25) is 0 Å². The summed E-state index contributed by atoms with van der Waals surface area (Å²) in [6, 6.07) is 0. The smallest absolute Gasteiger partial charge is 0.263 e. The van der Waals surface area contributed by atoms with Gasteiger partial charge in [-0.25, -0.2) is 0 Å². The Bertz CT molecular complexity index is 241. The third-order valence-corrected chi connectivity index (χ3v) is 3.21. The summed E-state index contributed by atoms with van der Waals surface area (Å²) in [5.41, 5.74) is 0. The molecule has 1 saturated heterocycles. The van der Waals surface area contributed by atoms with E-state index in [1.807, 2.05) is 20.8 Å². The predicted octanol–water partition coefficient (Wildman–Crippen LogP) is 0.812. The number of aliphatic hydroxyl groups excluding tert-OH is 1. The van der Waals surface area contributed by atoms with Crippen molar-refractivity contribution in [2.24, 2.45) is 5.92 Å². The molecule has 1 rings (SSSR count). The second-order valence-corrected chi connectivity index (χ2v) is 4.47. The molecular weight excluding hydrogens is 280 g/mol. The average Bonchev–Trinajstić information content (AvgIpc) is 2.82. The molecule has 128 valence electrons. The molecule has 3 N–H and O–H groups in total. The third kappa shape index (κ3) is 7.01. The van der Waals surface area contributed by atoms with Gasteiger partial charge in [0.1, 0.15) is 0 Å². The first kappa shape index (κ1) is 20.7. The molecule has 0 aliphatic carbocycles. The van der Waals surface area contributed by atoms with E-state index >= 15 is 0 Å². The highest BCUT2D eigenvalue weighted by atomic mass is 16.7. The lowest BCUT2D eigenvalue weighted by Crippen LogP contribution is -2.45. The van der Waals surface area contributed by atoms with Gasteiger partial charge in [0.05, 0.1) is 12.5 Å². The minimum atomic E-state index is -2.17. The molecule has 2 unspecified atom stereocenters. The van der Waals surface area contributed by atoms with E-state index in [-0.39, 0.29) is 12.2 Å². The van der Waals surface area contributed by atoms with Gasteiger partial charge in [-0.3, -0.25) is 0 Å². The lowest BCUT2D eigenvalue weighted by atomic mass is 9.94. The fourth-order valence-electron chi connectivity index (χ4n) is 2.50. The molecule has 1 fully saturated rings. The van der Waals surface area contributed by atoms with Gasteiger partial charge in [-0.1, -0.05) is 6.92 Å². The van der Waals surface area contributed by atoms with Gasteiger partial charge in [-0.15, -0.1) is 0 Å². The highest BCUT2D eigenvalue weighted by Gasteiger charge is 2.48. The normalized spacial score (nSPS) is 25.3. The molecule has 7 heteroatoms.